The molecule has 0 aromatic carbocycles. The highest BCUT2D eigenvalue weighted by Gasteiger charge is 2.17. The van der Waals surface area contributed by atoms with Crippen molar-refractivity contribution in [2.75, 3.05) is 6.61 Å². The summed E-state index contributed by atoms with van der Waals surface area (Å²) in [7, 11) is 0. The molecule has 0 bridgehead atoms. The number of aliphatic hydroxyl groups is 2. The molecule has 4 nitrogen and oxygen atoms in total. The molecule has 2 atom stereocenters. The van der Waals surface area contributed by atoms with E-state index in [0.717, 1.165) is 64.2 Å². The number of hydrogen-bond donors (Lipinski definition) is 3. The van der Waals surface area contributed by atoms with E-state index in [1.54, 1.807) is 6.08 Å². The first-order valence-corrected chi connectivity index (χ1v) is 21.8. The molecule has 2 unspecified atom stereocenters. The van der Waals surface area contributed by atoms with E-state index in [2.05, 4.69) is 92.1 Å². The lowest BCUT2D eigenvalue weighted by molar-refractivity contribution is -0.122. The quantitative estimate of drug-likeness (QED) is 0.0439. The summed E-state index contributed by atoms with van der Waals surface area (Å²) in [5.74, 6) is -0.133. The van der Waals surface area contributed by atoms with E-state index < -0.39 is 12.1 Å². The molecule has 298 valence electrons. The van der Waals surface area contributed by atoms with Crippen LogP contribution in [-0.4, -0.2) is 34.9 Å². The van der Waals surface area contributed by atoms with Gasteiger partial charge in [0.2, 0.25) is 5.91 Å². The topological polar surface area (TPSA) is 69.6 Å². The number of hydrogen-bond acceptors (Lipinski definition) is 3. The molecule has 0 aliphatic rings. The first-order chi connectivity index (χ1) is 25.7. The molecule has 0 aromatic rings. The van der Waals surface area contributed by atoms with Crippen LogP contribution in [0.3, 0.4) is 0 Å². The second-order valence-electron chi connectivity index (χ2n) is 14.4. The second-order valence-corrected chi connectivity index (χ2v) is 14.4. The number of carbonyl (C=O) groups excluding carboxylic acids is 1. The molecule has 4 heteroatoms. The van der Waals surface area contributed by atoms with Gasteiger partial charge in [0.1, 0.15) is 0 Å². The van der Waals surface area contributed by atoms with Crippen molar-refractivity contribution in [1.29, 1.82) is 0 Å². The molecule has 52 heavy (non-hydrogen) atoms. The lowest BCUT2D eigenvalue weighted by Crippen LogP contribution is -2.45. The van der Waals surface area contributed by atoms with Crippen LogP contribution >= 0.6 is 0 Å². The van der Waals surface area contributed by atoms with Crippen LogP contribution in [0.25, 0.3) is 0 Å². The molecule has 0 spiro atoms. The lowest BCUT2D eigenvalue weighted by atomic mass is 10.0. The number of rotatable bonds is 38. The van der Waals surface area contributed by atoms with E-state index in [0.29, 0.717) is 6.42 Å². The highest BCUT2D eigenvalue weighted by atomic mass is 16.3. The van der Waals surface area contributed by atoms with Gasteiger partial charge in [0.05, 0.1) is 18.8 Å². The predicted molar refractivity (Wildman–Crippen MR) is 230 cm³/mol. The highest BCUT2D eigenvalue weighted by molar-refractivity contribution is 5.76. The SMILES string of the molecule is CC/C=C\C/C=C\C/C=C\C/C=C\C/C=C\CCCC(=O)NC(CO)C(O)/C=C/CC/C=C/CCCCCCCCCCCCCCCCCCC. The molecular weight excluding hydrogens is 639 g/mol. The Morgan fingerprint density at radius 1 is 0.481 bits per heavy atom. The zero-order chi connectivity index (χ0) is 37.8. The van der Waals surface area contributed by atoms with Gasteiger partial charge in [-0.3, -0.25) is 4.79 Å². The molecule has 0 radical (unpaired) electrons. The number of amides is 1. The summed E-state index contributed by atoms with van der Waals surface area (Å²) in [4.78, 5) is 12.3. The maximum absolute atomic E-state index is 12.3. The van der Waals surface area contributed by atoms with E-state index in [9.17, 15) is 15.0 Å². The average Bonchev–Trinajstić information content (AvgIpc) is 3.15. The molecule has 1 amide bonds. The number of unbranched alkanes of at least 4 members (excludes halogenated alkanes) is 19. The van der Waals surface area contributed by atoms with Gasteiger partial charge < -0.3 is 15.5 Å². The van der Waals surface area contributed by atoms with Gasteiger partial charge >= 0.3 is 0 Å². The fourth-order valence-corrected chi connectivity index (χ4v) is 6.05. The summed E-state index contributed by atoms with van der Waals surface area (Å²) in [5.41, 5.74) is 0. The van der Waals surface area contributed by atoms with Crippen LogP contribution in [0.1, 0.15) is 194 Å². The number of aliphatic hydroxyl groups excluding tert-OH is 2. The van der Waals surface area contributed by atoms with E-state index >= 15 is 0 Å². The monoisotopic (exact) mass is 722 g/mol. The lowest BCUT2D eigenvalue weighted by Gasteiger charge is -2.19. The Morgan fingerprint density at radius 2 is 0.865 bits per heavy atom. The van der Waals surface area contributed by atoms with E-state index in [4.69, 9.17) is 0 Å². The summed E-state index contributed by atoms with van der Waals surface area (Å²) < 4.78 is 0. The zero-order valence-electron chi connectivity index (χ0n) is 34.0. The summed E-state index contributed by atoms with van der Waals surface area (Å²) in [5, 5.41) is 22.9. The van der Waals surface area contributed by atoms with E-state index in [1.165, 1.54) is 109 Å². The van der Waals surface area contributed by atoms with Gasteiger partial charge in [0.25, 0.3) is 0 Å². The number of allylic oxidation sites excluding steroid dienone is 13. The van der Waals surface area contributed by atoms with Crippen LogP contribution in [0.2, 0.25) is 0 Å². The van der Waals surface area contributed by atoms with E-state index in [-0.39, 0.29) is 12.5 Å². The third-order valence-electron chi connectivity index (χ3n) is 9.36. The maximum Gasteiger partial charge on any atom is 0.220 e. The van der Waals surface area contributed by atoms with Crippen molar-refractivity contribution in [2.24, 2.45) is 0 Å². The van der Waals surface area contributed by atoms with Crippen molar-refractivity contribution in [3.63, 3.8) is 0 Å². The molecule has 3 N–H and O–H groups in total. The number of carbonyl (C=O) groups is 1. The molecule has 0 saturated carbocycles. The zero-order valence-corrected chi connectivity index (χ0v) is 34.0. The van der Waals surface area contributed by atoms with Crippen LogP contribution in [0.15, 0.2) is 85.1 Å². The van der Waals surface area contributed by atoms with Crippen molar-refractivity contribution < 1.29 is 15.0 Å². The van der Waals surface area contributed by atoms with Gasteiger partial charge in [-0.1, -0.05) is 202 Å². The van der Waals surface area contributed by atoms with Gasteiger partial charge in [0.15, 0.2) is 0 Å². The predicted octanol–water partition coefficient (Wildman–Crippen LogP) is 13.7. The molecule has 0 fully saturated rings. The van der Waals surface area contributed by atoms with Crippen molar-refractivity contribution in [3.05, 3.63) is 85.1 Å². The van der Waals surface area contributed by atoms with Gasteiger partial charge in [0, 0.05) is 6.42 Å². The van der Waals surface area contributed by atoms with Crippen LogP contribution in [0, 0.1) is 0 Å². The first kappa shape index (κ1) is 49.6. The van der Waals surface area contributed by atoms with Crippen LogP contribution in [-0.2, 0) is 4.79 Å². The average molecular weight is 722 g/mol. The minimum absolute atomic E-state index is 0.133. The third-order valence-corrected chi connectivity index (χ3v) is 9.36. The highest BCUT2D eigenvalue weighted by Crippen LogP contribution is 2.14. The summed E-state index contributed by atoms with van der Waals surface area (Å²) in [6.07, 6.45) is 62.7. The molecule has 0 aliphatic heterocycles. The van der Waals surface area contributed by atoms with Crippen LogP contribution in [0.5, 0.6) is 0 Å². The molecular formula is C48H83NO3. The Kier molecular flexibility index (Phi) is 41.0. The van der Waals surface area contributed by atoms with Gasteiger partial charge in [-0.2, -0.15) is 0 Å². The molecule has 0 heterocycles. The Hall–Kier alpha value is -2.43. The van der Waals surface area contributed by atoms with Crippen LogP contribution < -0.4 is 5.32 Å². The van der Waals surface area contributed by atoms with Crippen molar-refractivity contribution in [1.82, 2.24) is 5.32 Å². The van der Waals surface area contributed by atoms with Gasteiger partial charge in [-0.15, -0.1) is 0 Å². The largest absolute Gasteiger partial charge is 0.394 e. The smallest absolute Gasteiger partial charge is 0.220 e. The number of nitrogens with one attached hydrogen (secondary N) is 1. The van der Waals surface area contributed by atoms with Crippen molar-refractivity contribution >= 4 is 5.91 Å². The molecule has 0 saturated heterocycles. The minimum Gasteiger partial charge on any atom is -0.394 e. The summed E-state index contributed by atoms with van der Waals surface area (Å²) in [6.45, 7) is 4.15. The third kappa shape index (κ3) is 38.8. The summed E-state index contributed by atoms with van der Waals surface area (Å²) in [6, 6.07) is -0.673. The van der Waals surface area contributed by atoms with Crippen LogP contribution in [0.4, 0.5) is 0 Å². The van der Waals surface area contributed by atoms with Crippen molar-refractivity contribution in [2.45, 2.75) is 206 Å². The molecule has 0 aliphatic carbocycles. The molecule has 0 rings (SSSR count). The minimum atomic E-state index is -0.890. The normalized spacial score (nSPS) is 13.8. The fraction of sp³-hybridized carbons (Fsp3) is 0.688. The standard InChI is InChI=1S/C48H83NO3/c1-3-5-7-9-11-13-15-17-19-21-22-23-24-25-26-28-29-31-33-35-37-39-41-43-47(51)46(45-50)49-48(52)44-42-40-38-36-34-32-30-27-20-18-16-14-12-10-8-6-4-2/h6,8,12,14,18,20,30,32-33,35-36,38,41,43,46-47,50-51H,3-5,7,9-11,13,15-17,19,21-29,31,34,37,39-40,42,44-45H2,1-2H3,(H,49,52)/b8-6-,14-12-,20-18-,32-30-,35-33+,38-36-,43-41+. The van der Waals surface area contributed by atoms with Crippen molar-refractivity contribution in [3.8, 4) is 0 Å². The van der Waals surface area contributed by atoms with Gasteiger partial charge in [-0.05, 0) is 70.6 Å². The van der Waals surface area contributed by atoms with E-state index in [1.807, 2.05) is 6.08 Å². The summed E-state index contributed by atoms with van der Waals surface area (Å²) >= 11 is 0. The Balaban J connectivity index is 3.71. The Morgan fingerprint density at radius 3 is 1.35 bits per heavy atom. The second kappa shape index (κ2) is 43.0. The Labute approximate surface area is 322 Å². The van der Waals surface area contributed by atoms with Gasteiger partial charge in [-0.25, -0.2) is 0 Å². The molecule has 0 aromatic heterocycles. The fourth-order valence-electron chi connectivity index (χ4n) is 6.05. The maximum atomic E-state index is 12.3. The Bertz CT molecular complexity index is 957. The first-order valence-electron chi connectivity index (χ1n) is 21.8.